The molecule has 0 saturated heterocycles. The zero-order chi connectivity index (χ0) is 23.1. The van der Waals surface area contributed by atoms with Crippen molar-refractivity contribution in [3.63, 3.8) is 0 Å². The molecule has 0 radical (unpaired) electrons. The third kappa shape index (κ3) is 3.99. The smallest absolute Gasteiger partial charge is 0.194 e. The molecule has 2 aromatic carbocycles. The molecule has 9 heteroatoms. The van der Waals surface area contributed by atoms with Gasteiger partial charge >= 0.3 is 0 Å². The summed E-state index contributed by atoms with van der Waals surface area (Å²) in [5.41, 5.74) is 3.85. The molecule has 0 bridgehead atoms. The van der Waals surface area contributed by atoms with Gasteiger partial charge in [-0.1, -0.05) is 11.6 Å². The monoisotopic (exact) mass is 476 g/mol. The molecule has 0 spiro atoms. The number of amidine groups is 1. The van der Waals surface area contributed by atoms with Crippen LogP contribution in [0.4, 0.5) is 4.39 Å². The second-order valence-electron chi connectivity index (χ2n) is 8.44. The molecule has 2 aliphatic heterocycles. The van der Waals surface area contributed by atoms with E-state index in [2.05, 4.69) is 31.2 Å². The number of nitrogens with one attached hydrogen (secondary N) is 1. The van der Waals surface area contributed by atoms with Crippen LogP contribution in [0.2, 0.25) is 5.02 Å². The highest BCUT2D eigenvalue weighted by Crippen LogP contribution is 2.35. The maximum atomic E-state index is 13.6. The van der Waals surface area contributed by atoms with Crippen molar-refractivity contribution in [1.29, 1.82) is 0 Å². The minimum absolute atomic E-state index is 0.251. The molecule has 4 heterocycles. The number of aliphatic imine (C=N–C) groups is 1. The quantitative estimate of drug-likeness (QED) is 0.483. The molecule has 0 unspecified atom stereocenters. The first-order valence-corrected chi connectivity index (χ1v) is 11.6. The van der Waals surface area contributed by atoms with E-state index in [9.17, 15) is 4.39 Å². The number of hydrogen-bond acceptors (Lipinski definition) is 6. The molecule has 6 rings (SSSR count). The Bertz CT molecular complexity index is 1400. The standard InChI is InChI=1S/C25H22ClFN6O/c26-21-11-20(33-6-3-17-9-19(27)1-2-22(17)33)10-18-15-32(7-8-34-23(18)21)14-16-12-30-25(31-13-16)24-28-4-5-29-24/h1-3,6,9-13H,4-5,7-8,14-15H2,(H,28,29). The Hall–Kier alpha value is -3.49. The van der Waals surface area contributed by atoms with Crippen molar-refractivity contribution in [3.8, 4) is 11.4 Å². The Balaban J connectivity index is 1.27. The number of fused-ring (bicyclic) bond motifs is 2. The maximum absolute atomic E-state index is 13.6. The average molecular weight is 477 g/mol. The van der Waals surface area contributed by atoms with E-state index in [1.165, 1.54) is 12.1 Å². The molecule has 7 nitrogen and oxygen atoms in total. The van der Waals surface area contributed by atoms with Crippen molar-refractivity contribution in [2.45, 2.75) is 13.1 Å². The average Bonchev–Trinajstić information content (AvgIpc) is 3.46. The SMILES string of the molecule is Fc1ccc2c(ccn2-c2cc(Cl)c3c(c2)CN(Cc2cnc(C4=NCCN4)nc2)CCO3)c1. The molecule has 172 valence electrons. The van der Waals surface area contributed by atoms with Crippen LogP contribution in [-0.2, 0) is 13.1 Å². The molecule has 1 N–H and O–H groups in total. The van der Waals surface area contributed by atoms with Gasteiger partial charge in [-0.2, -0.15) is 0 Å². The van der Waals surface area contributed by atoms with Gasteiger partial charge in [-0.05, 0) is 36.4 Å². The van der Waals surface area contributed by atoms with Crippen LogP contribution in [-0.4, -0.2) is 51.5 Å². The Morgan fingerprint density at radius 3 is 2.82 bits per heavy atom. The zero-order valence-corrected chi connectivity index (χ0v) is 19.1. The fourth-order valence-corrected chi connectivity index (χ4v) is 4.78. The number of ether oxygens (including phenoxy) is 1. The molecular formula is C25H22ClFN6O. The zero-order valence-electron chi connectivity index (χ0n) is 18.3. The van der Waals surface area contributed by atoms with E-state index >= 15 is 0 Å². The summed E-state index contributed by atoms with van der Waals surface area (Å²) in [4.78, 5) is 15.6. The molecule has 0 saturated carbocycles. The van der Waals surface area contributed by atoms with Crippen molar-refractivity contribution in [3.05, 3.63) is 82.8 Å². The topological polar surface area (TPSA) is 67.6 Å². The van der Waals surface area contributed by atoms with E-state index < -0.39 is 0 Å². The van der Waals surface area contributed by atoms with Gasteiger partial charge < -0.3 is 14.6 Å². The van der Waals surface area contributed by atoms with Crippen LogP contribution >= 0.6 is 11.6 Å². The maximum Gasteiger partial charge on any atom is 0.194 e. The lowest BCUT2D eigenvalue weighted by Crippen LogP contribution is -2.26. The van der Waals surface area contributed by atoms with E-state index in [-0.39, 0.29) is 5.82 Å². The summed E-state index contributed by atoms with van der Waals surface area (Å²) >= 11 is 6.65. The van der Waals surface area contributed by atoms with Crippen LogP contribution in [0.5, 0.6) is 5.75 Å². The Morgan fingerprint density at radius 2 is 2.00 bits per heavy atom. The third-order valence-electron chi connectivity index (χ3n) is 6.08. The van der Waals surface area contributed by atoms with E-state index in [0.717, 1.165) is 53.2 Å². The number of rotatable bonds is 4. The molecule has 4 aromatic rings. The van der Waals surface area contributed by atoms with Gasteiger partial charge in [0.2, 0.25) is 0 Å². The summed E-state index contributed by atoms with van der Waals surface area (Å²) in [7, 11) is 0. The molecule has 0 fully saturated rings. The van der Waals surface area contributed by atoms with Crippen LogP contribution in [0.15, 0.2) is 60.0 Å². The van der Waals surface area contributed by atoms with Gasteiger partial charge in [-0.25, -0.2) is 14.4 Å². The van der Waals surface area contributed by atoms with E-state index in [4.69, 9.17) is 16.3 Å². The molecule has 0 atom stereocenters. The number of hydrogen-bond donors (Lipinski definition) is 1. The molecule has 34 heavy (non-hydrogen) atoms. The Labute approximate surface area is 200 Å². The minimum Gasteiger partial charge on any atom is -0.490 e. The van der Waals surface area contributed by atoms with Crippen LogP contribution in [0, 0.1) is 5.82 Å². The van der Waals surface area contributed by atoms with Gasteiger partial charge in [-0.3, -0.25) is 9.89 Å². The summed E-state index contributed by atoms with van der Waals surface area (Å²) in [6, 6.07) is 10.7. The number of aromatic nitrogens is 3. The highest BCUT2D eigenvalue weighted by atomic mass is 35.5. The molecular weight excluding hydrogens is 455 g/mol. The van der Waals surface area contributed by atoms with Gasteiger partial charge in [0.15, 0.2) is 11.7 Å². The first kappa shape index (κ1) is 21.1. The fraction of sp³-hybridized carbons (Fsp3) is 0.240. The van der Waals surface area contributed by atoms with Gasteiger partial charge in [0.05, 0.1) is 17.1 Å². The largest absolute Gasteiger partial charge is 0.490 e. The van der Waals surface area contributed by atoms with Crippen molar-refractivity contribution < 1.29 is 9.13 Å². The lowest BCUT2D eigenvalue weighted by Gasteiger charge is -2.19. The van der Waals surface area contributed by atoms with Crippen molar-refractivity contribution in [2.24, 2.45) is 4.99 Å². The van der Waals surface area contributed by atoms with Gasteiger partial charge in [0, 0.05) is 67.0 Å². The summed E-state index contributed by atoms with van der Waals surface area (Å²) in [6.45, 7) is 4.24. The molecule has 2 aliphatic rings. The predicted molar refractivity (Wildman–Crippen MR) is 129 cm³/mol. The van der Waals surface area contributed by atoms with Crippen molar-refractivity contribution in [2.75, 3.05) is 26.2 Å². The normalized spacial score (nSPS) is 16.0. The second kappa shape index (κ2) is 8.70. The third-order valence-corrected chi connectivity index (χ3v) is 6.36. The predicted octanol–water partition coefficient (Wildman–Crippen LogP) is 3.96. The lowest BCUT2D eigenvalue weighted by molar-refractivity contribution is 0.219. The van der Waals surface area contributed by atoms with E-state index in [0.29, 0.717) is 36.3 Å². The molecule has 0 amide bonds. The van der Waals surface area contributed by atoms with Crippen LogP contribution in [0.25, 0.3) is 16.6 Å². The number of halogens is 2. The first-order chi connectivity index (χ1) is 16.6. The summed E-state index contributed by atoms with van der Waals surface area (Å²) < 4.78 is 21.7. The first-order valence-electron chi connectivity index (χ1n) is 11.2. The molecule has 2 aromatic heterocycles. The lowest BCUT2D eigenvalue weighted by atomic mass is 10.1. The van der Waals surface area contributed by atoms with Crippen molar-refractivity contribution >= 4 is 28.3 Å². The Morgan fingerprint density at radius 1 is 1.12 bits per heavy atom. The van der Waals surface area contributed by atoms with Gasteiger partial charge in [-0.15, -0.1) is 0 Å². The van der Waals surface area contributed by atoms with Gasteiger partial charge in [0.25, 0.3) is 0 Å². The number of nitrogens with zero attached hydrogens (tertiary/aromatic N) is 5. The summed E-state index contributed by atoms with van der Waals surface area (Å²) in [5, 5.41) is 4.60. The van der Waals surface area contributed by atoms with E-state index in [1.807, 2.05) is 35.3 Å². The minimum atomic E-state index is -0.251. The van der Waals surface area contributed by atoms with Crippen molar-refractivity contribution in [1.82, 2.24) is 24.8 Å². The van der Waals surface area contributed by atoms with Crippen LogP contribution < -0.4 is 10.1 Å². The van der Waals surface area contributed by atoms with Crippen LogP contribution in [0.3, 0.4) is 0 Å². The fourth-order valence-electron chi connectivity index (χ4n) is 4.49. The second-order valence-corrected chi connectivity index (χ2v) is 8.84. The highest BCUT2D eigenvalue weighted by molar-refractivity contribution is 6.32. The Kier molecular flexibility index (Phi) is 5.39. The van der Waals surface area contributed by atoms with E-state index in [1.54, 1.807) is 6.07 Å². The number of benzene rings is 2. The molecule has 0 aliphatic carbocycles. The highest BCUT2D eigenvalue weighted by Gasteiger charge is 2.20. The van der Waals surface area contributed by atoms with Crippen LogP contribution in [0.1, 0.15) is 17.0 Å². The van der Waals surface area contributed by atoms with Gasteiger partial charge in [0.1, 0.15) is 18.2 Å². The summed E-state index contributed by atoms with van der Waals surface area (Å²) in [6.07, 6.45) is 5.64. The summed E-state index contributed by atoms with van der Waals surface area (Å²) in [5.74, 6) is 1.85.